The molecule has 16 heteroatoms. The van der Waals surface area contributed by atoms with Gasteiger partial charge in [0.15, 0.2) is 0 Å². The summed E-state index contributed by atoms with van der Waals surface area (Å²) < 4.78 is 0. The Morgan fingerprint density at radius 2 is 1.76 bits per heavy atom. The van der Waals surface area contributed by atoms with Crippen LogP contribution in [-0.4, -0.2) is 58.0 Å². The predicted molar refractivity (Wildman–Crippen MR) is 106 cm³/mol. The summed E-state index contributed by atoms with van der Waals surface area (Å²) in [6.07, 6.45) is -0.525. The van der Waals surface area contributed by atoms with E-state index in [0.29, 0.717) is 0 Å². The van der Waals surface area contributed by atoms with Crippen molar-refractivity contribution in [1.29, 1.82) is 0 Å². The van der Waals surface area contributed by atoms with Crippen LogP contribution < -0.4 is 26.6 Å². The Morgan fingerprint density at radius 1 is 1.12 bits per heavy atom. The Balaban J connectivity index is 3.06. The zero-order valence-electron chi connectivity index (χ0n) is 17.2. The lowest BCUT2D eigenvalue weighted by Crippen LogP contribution is -2.68. The van der Waals surface area contributed by atoms with Crippen LogP contribution in [0.15, 0.2) is 17.0 Å². The summed E-state index contributed by atoms with van der Waals surface area (Å²) in [4.78, 5) is 66.5. The van der Waals surface area contributed by atoms with Crippen LogP contribution >= 0.6 is 11.8 Å². The molecule has 0 spiro atoms. The molecule has 0 fully saturated rings. The Bertz CT molecular complexity index is 970. The molecule has 0 heterocycles. The zero-order valence-corrected chi connectivity index (χ0v) is 18.0. The number of carboxylic acids is 2. The monoisotopic (exact) mass is 486 g/mol. The molecule has 5 N–H and O–H groups in total. The number of carbonyl (C=O) groups is 4. The molecule has 0 aromatic heterocycles. The minimum atomic E-state index is -1.60. The summed E-state index contributed by atoms with van der Waals surface area (Å²) in [6, 6.07) is -0.676. The zero-order chi connectivity index (χ0) is 25.3. The fourth-order valence-electron chi connectivity index (χ4n) is 2.43. The normalized spacial score (nSPS) is 12.3. The fourth-order valence-corrected chi connectivity index (χ4v) is 3.54. The Hall–Kier alpha value is -3.79. The van der Waals surface area contributed by atoms with Crippen molar-refractivity contribution < 1.29 is 45.0 Å². The third-order valence-corrected chi connectivity index (χ3v) is 5.48. The summed E-state index contributed by atoms with van der Waals surface area (Å²) in [5, 5.41) is 47.9. The standard InChI is InChI=1S/C17H21N5O10S/c1-8-12(22(31)32)4-9(21(29)30)5-13(8)33-7-11(16(26)19-6-15(24)25)20-14(23)3-2-10(18)17(27)28/h4-5,10-11H,2-3,6-7,18H2,1H3,(H,19,26)(H,20,23)(H,24,25)(H,27,28)/p-1/t10-,11-/m0/s1. The van der Waals surface area contributed by atoms with E-state index < -0.39 is 63.6 Å². The number of hydrogen-bond donors (Lipinski definition) is 3. The number of aliphatic carboxylic acids is 2. The molecule has 0 saturated heterocycles. The Kier molecular flexibility index (Phi) is 10.2. The molecule has 1 aromatic rings. The van der Waals surface area contributed by atoms with E-state index in [2.05, 4.69) is 11.1 Å². The van der Waals surface area contributed by atoms with Gasteiger partial charge in [0.25, 0.3) is 11.4 Å². The van der Waals surface area contributed by atoms with Crippen molar-refractivity contribution in [3.63, 3.8) is 0 Å². The topological polar surface area (TPSA) is 252 Å². The van der Waals surface area contributed by atoms with Crippen LogP contribution in [0, 0.1) is 27.2 Å². The van der Waals surface area contributed by atoms with E-state index >= 15 is 0 Å². The van der Waals surface area contributed by atoms with Gasteiger partial charge in [-0.25, -0.2) is 0 Å². The van der Waals surface area contributed by atoms with Gasteiger partial charge in [-0.2, -0.15) is 0 Å². The van der Waals surface area contributed by atoms with Crippen molar-refractivity contribution in [3.05, 3.63) is 37.9 Å². The van der Waals surface area contributed by atoms with Crippen LogP contribution in [0.3, 0.4) is 0 Å². The molecule has 2 atom stereocenters. The number of benzene rings is 1. The number of thioether (sulfide) groups is 1. The molecule has 15 nitrogen and oxygen atoms in total. The van der Waals surface area contributed by atoms with Gasteiger partial charge in [-0.05, 0) is 6.92 Å². The van der Waals surface area contributed by atoms with E-state index in [1.54, 1.807) is 0 Å². The van der Waals surface area contributed by atoms with Crippen molar-refractivity contribution in [2.45, 2.75) is 36.7 Å². The molecule has 0 bridgehead atoms. The summed E-state index contributed by atoms with van der Waals surface area (Å²) in [5.41, 5.74) is 2.31. The summed E-state index contributed by atoms with van der Waals surface area (Å²) in [6.45, 7) is 0.491. The number of carbonyl (C=O) groups excluding carboxylic acids is 4. The Labute approximate surface area is 190 Å². The summed E-state index contributed by atoms with van der Waals surface area (Å²) in [7, 11) is 0. The van der Waals surface area contributed by atoms with E-state index in [4.69, 9.17) is 0 Å². The lowest BCUT2D eigenvalue weighted by atomic mass is 10.1. The molecule has 0 aliphatic heterocycles. The highest BCUT2D eigenvalue weighted by atomic mass is 32.2. The van der Waals surface area contributed by atoms with Crippen LogP contribution in [0.1, 0.15) is 18.4 Å². The second kappa shape index (κ2) is 12.3. The molecule has 0 unspecified atom stereocenters. The van der Waals surface area contributed by atoms with Gasteiger partial charge in [-0.1, -0.05) is 0 Å². The third-order valence-electron chi connectivity index (χ3n) is 4.24. The Morgan fingerprint density at radius 3 is 2.27 bits per heavy atom. The molecule has 33 heavy (non-hydrogen) atoms. The number of non-ortho nitro benzene ring substituents is 1. The molecule has 2 amide bonds. The molecule has 0 aliphatic carbocycles. The highest BCUT2D eigenvalue weighted by Crippen LogP contribution is 2.34. The lowest BCUT2D eigenvalue weighted by molar-refractivity contribution is -0.438. The van der Waals surface area contributed by atoms with Crippen LogP contribution in [0.25, 0.3) is 0 Å². The molecule has 0 radical (unpaired) electrons. The van der Waals surface area contributed by atoms with Crippen molar-refractivity contribution in [2.24, 2.45) is 0 Å². The predicted octanol–water partition coefficient (Wildman–Crippen LogP) is -3.60. The van der Waals surface area contributed by atoms with Crippen molar-refractivity contribution in [1.82, 2.24) is 10.6 Å². The first-order valence-corrected chi connectivity index (χ1v) is 10.2. The maximum atomic E-state index is 12.3. The van der Waals surface area contributed by atoms with Crippen LogP contribution in [0.4, 0.5) is 11.4 Å². The highest BCUT2D eigenvalue weighted by Gasteiger charge is 2.25. The number of quaternary nitrogens is 1. The number of carboxylic acid groups (broad SMARTS) is 2. The number of hydrogen-bond acceptors (Lipinski definition) is 11. The molecule has 0 aliphatic rings. The van der Waals surface area contributed by atoms with Gasteiger partial charge < -0.3 is 36.2 Å². The van der Waals surface area contributed by atoms with E-state index in [-0.39, 0.29) is 29.1 Å². The lowest BCUT2D eigenvalue weighted by Gasteiger charge is -2.19. The number of nitrogens with zero attached hydrogens (tertiary/aromatic N) is 2. The minimum absolute atomic E-state index is 0.0877. The maximum absolute atomic E-state index is 12.3. The molecule has 0 saturated carbocycles. The average molecular weight is 486 g/mol. The fraction of sp³-hybridized carbons (Fsp3) is 0.412. The molecule has 1 aromatic carbocycles. The first kappa shape index (κ1) is 27.2. The van der Waals surface area contributed by atoms with Crippen molar-refractivity contribution in [2.75, 3.05) is 12.3 Å². The van der Waals surface area contributed by atoms with Gasteiger partial charge in [-0.15, -0.1) is 11.8 Å². The first-order valence-electron chi connectivity index (χ1n) is 9.20. The number of nitro benzene ring substituents is 2. The van der Waals surface area contributed by atoms with E-state index in [0.717, 1.165) is 23.9 Å². The first-order chi connectivity index (χ1) is 15.3. The van der Waals surface area contributed by atoms with E-state index in [9.17, 15) is 49.6 Å². The van der Waals surface area contributed by atoms with Crippen LogP contribution in [0.2, 0.25) is 0 Å². The van der Waals surface area contributed by atoms with Gasteiger partial charge in [0.05, 0.1) is 34.4 Å². The SMILES string of the molecule is Cc1c(SC[C@H](NC(=O)CC[C@H]([NH3+])C(=O)[O-])C(=O)NCC(=O)[O-])cc([N+](=O)[O-])cc1[N+](=O)[O-]. The second-order valence-corrected chi connectivity index (χ2v) is 7.74. The van der Waals surface area contributed by atoms with E-state index in [1.165, 1.54) is 6.92 Å². The van der Waals surface area contributed by atoms with Gasteiger partial charge in [0.2, 0.25) is 11.8 Å². The third kappa shape index (κ3) is 8.69. The van der Waals surface area contributed by atoms with Gasteiger partial charge in [0, 0.05) is 35.1 Å². The summed E-state index contributed by atoms with van der Waals surface area (Å²) in [5.74, 6) is -5.02. The largest absolute Gasteiger partial charge is 0.548 e. The second-order valence-electron chi connectivity index (χ2n) is 6.68. The number of rotatable bonds is 13. The van der Waals surface area contributed by atoms with Gasteiger partial charge in [-0.3, -0.25) is 29.8 Å². The van der Waals surface area contributed by atoms with Gasteiger partial charge >= 0.3 is 0 Å². The van der Waals surface area contributed by atoms with Crippen LogP contribution in [-0.2, 0) is 19.2 Å². The van der Waals surface area contributed by atoms with Gasteiger partial charge in [0.1, 0.15) is 12.1 Å². The maximum Gasteiger partial charge on any atom is 0.280 e. The summed E-state index contributed by atoms with van der Waals surface area (Å²) >= 11 is 0.788. The smallest absolute Gasteiger partial charge is 0.280 e. The number of amides is 2. The van der Waals surface area contributed by atoms with Crippen molar-refractivity contribution >= 4 is 46.9 Å². The quantitative estimate of drug-likeness (QED) is 0.139. The molecule has 180 valence electrons. The highest BCUT2D eigenvalue weighted by molar-refractivity contribution is 7.99. The molecular formula is C17H20N5O10S-. The van der Waals surface area contributed by atoms with E-state index in [1.807, 2.05) is 5.32 Å². The van der Waals surface area contributed by atoms with Crippen LogP contribution in [0.5, 0.6) is 0 Å². The number of nitro groups is 2. The molecule has 1 rings (SSSR count). The molecular weight excluding hydrogens is 466 g/mol. The number of nitrogens with one attached hydrogen (secondary N) is 2. The average Bonchev–Trinajstić information content (AvgIpc) is 2.73. The van der Waals surface area contributed by atoms with Crippen molar-refractivity contribution in [3.8, 4) is 0 Å². The minimum Gasteiger partial charge on any atom is -0.548 e.